The van der Waals surface area contributed by atoms with E-state index in [1.54, 1.807) is 23.7 Å². The van der Waals surface area contributed by atoms with E-state index < -0.39 is 0 Å². The number of hydrogen-bond donors (Lipinski definition) is 1. The van der Waals surface area contributed by atoms with Crippen molar-refractivity contribution in [2.45, 2.75) is 26.3 Å². The first-order chi connectivity index (χ1) is 7.72. The molecule has 3 nitrogen and oxygen atoms in total. The van der Waals surface area contributed by atoms with Gasteiger partial charge in [0.1, 0.15) is 5.01 Å². The molecule has 16 heavy (non-hydrogen) atoms. The van der Waals surface area contributed by atoms with E-state index in [0.717, 1.165) is 16.3 Å². The average Bonchev–Trinajstić information content (AvgIpc) is 2.74. The summed E-state index contributed by atoms with van der Waals surface area (Å²) in [6.07, 6.45) is 3.59. The monoisotopic (exact) mass is 233 g/mol. The van der Waals surface area contributed by atoms with Gasteiger partial charge in [0.05, 0.1) is 5.69 Å². The number of nitrogens with two attached hydrogens (primary N) is 1. The molecular weight excluding hydrogens is 218 g/mol. The SMILES string of the molecule is CC(C)c1sc(CN)nc1-c1ccncc1. The molecule has 0 unspecified atom stereocenters. The molecule has 0 amide bonds. The van der Waals surface area contributed by atoms with Crippen LogP contribution in [0.4, 0.5) is 0 Å². The molecule has 0 atom stereocenters. The molecule has 0 spiro atoms. The first-order valence-corrected chi connectivity index (χ1v) is 6.14. The van der Waals surface area contributed by atoms with Crippen molar-refractivity contribution in [2.24, 2.45) is 5.73 Å². The van der Waals surface area contributed by atoms with Crippen molar-refractivity contribution in [1.82, 2.24) is 9.97 Å². The van der Waals surface area contributed by atoms with Crippen LogP contribution in [0, 0.1) is 0 Å². The lowest BCUT2D eigenvalue weighted by Crippen LogP contribution is -1.94. The minimum atomic E-state index is 0.473. The lowest BCUT2D eigenvalue weighted by atomic mass is 10.1. The lowest BCUT2D eigenvalue weighted by Gasteiger charge is -2.04. The van der Waals surface area contributed by atoms with E-state index in [1.165, 1.54) is 4.88 Å². The summed E-state index contributed by atoms with van der Waals surface area (Å²) in [5.74, 6) is 0.473. The highest BCUT2D eigenvalue weighted by atomic mass is 32.1. The molecule has 84 valence electrons. The summed E-state index contributed by atoms with van der Waals surface area (Å²) in [6, 6.07) is 3.97. The van der Waals surface area contributed by atoms with E-state index in [2.05, 4.69) is 23.8 Å². The molecule has 4 heteroatoms. The number of rotatable bonds is 3. The van der Waals surface area contributed by atoms with Gasteiger partial charge in [0.2, 0.25) is 0 Å². The number of aromatic nitrogens is 2. The number of hydrogen-bond acceptors (Lipinski definition) is 4. The minimum Gasteiger partial charge on any atom is -0.325 e. The number of pyridine rings is 1. The van der Waals surface area contributed by atoms with Crippen LogP contribution in [0.1, 0.15) is 29.7 Å². The standard InChI is InChI=1S/C12H15N3S/c1-8(2)12-11(15-10(7-13)16-12)9-3-5-14-6-4-9/h3-6,8H,7,13H2,1-2H3. The Morgan fingerprint density at radius 1 is 1.31 bits per heavy atom. The highest BCUT2D eigenvalue weighted by molar-refractivity contribution is 7.12. The second-order valence-electron chi connectivity index (χ2n) is 3.92. The Hall–Kier alpha value is -1.26. The van der Waals surface area contributed by atoms with Crippen LogP contribution in [0.2, 0.25) is 0 Å². The van der Waals surface area contributed by atoms with Gasteiger partial charge < -0.3 is 5.73 Å². The van der Waals surface area contributed by atoms with Crippen molar-refractivity contribution in [1.29, 1.82) is 0 Å². The summed E-state index contributed by atoms with van der Waals surface area (Å²) in [6.45, 7) is 4.87. The first kappa shape index (κ1) is 11.2. The Kier molecular flexibility index (Phi) is 3.31. The second-order valence-corrected chi connectivity index (χ2v) is 5.03. The Bertz CT molecular complexity index is 462. The molecule has 0 fully saturated rings. The van der Waals surface area contributed by atoms with E-state index in [4.69, 9.17) is 5.73 Å². The van der Waals surface area contributed by atoms with Gasteiger partial charge in [-0.25, -0.2) is 4.98 Å². The van der Waals surface area contributed by atoms with Gasteiger partial charge in [-0.2, -0.15) is 0 Å². The zero-order chi connectivity index (χ0) is 11.5. The predicted octanol–water partition coefficient (Wildman–Crippen LogP) is 2.79. The summed E-state index contributed by atoms with van der Waals surface area (Å²) >= 11 is 1.71. The summed E-state index contributed by atoms with van der Waals surface area (Å²) in [7, 11) is 0. The van der Waals surface area contributed by atoms with E-state index in [9.17, 15) is 0 Å². The van der Waals surface area contributed by atoms with Crippen LogP contribution in [-0.2, 0) is 6.54 Å². The van der Waals surface area contributed by atoms with Crippen molar-refractivity contribution in [3.05, 3.63) is 34.4 Å². The van der Waals surface area contributed by atoms with Gasteiger partial charge in [-0.3, -0.25) is 4.98 Å². The highest BCUT2D eigenvalue weighted by Crippen LogP contribution is 2.33. The third kappa shape index (κ3) is 2.13. The quantitative estimate of drug-likeness (QED) is 0.887. The van der Waals surface area contributed by atoms with Gasteiger partial charge in [0, 0.05) is 29.4 Å². The van der Waals surface area contributed by atoms with E-state index in [0.29, 0.717) is 12.5 Å². The van der Waals surface area contributed by atoms with Crippen LogP contribution < -0.4 is 5.73 Å². The fraction of sp³-hybridized carbons (Fsp3) is 0.333. The fourth-order valence-corrected chi connectivity index (χ4v) is 2.54. The molecule has 0 aliphatic carbocycles. The zero-order valence-corrected chi connectivity index (χ0v) is 10.3. The maximum absolute atomic E-state index is 5.65. The molecule has 0 bridgehead atoms. The van der Waals surface area contributed by atoms with Crippen LogP contribution in [-0.4, -0.2) is 9.97 Å². The molecule has 2 N–H and O–H groups in total. The molecule has 0 saturated heterocycles. The minimum absolute atomic E-state index is 0.473. The highest BCUT2D eigenvalue weighted by Gasteiger charge is 2.14. The fourth-order valence-electron chi connectivity index (χ4n) is 1.57. The molecule has 0 aliphatic heterocycles. The van der Waals surface area contributed by atoms with Gasteiger partial charge >= 0.3 is 0 Å². The molecule has 2 aromatic heterocycles. The van der Waals surface area contributed by atoms with Gasteiger partial charge in [-0.1, -0.05) is 13.8 Å². The molecule has 0 radical (unpaired) electrons. The Balaban J connectivity index is 2.51. The maximum Gasteiger partial charge on any atom is 0.107 e. The van der Waals surface area contributed by atoms with Crippen molar-refractivity contribution < 1.29 is 0 Å². The van der Waals surface area contributed by atoms with E-state index in [-0.39, 0.29) is 0 Å². The van der Waals surface area contributed by atoms with Gasteiger partial charge in [0.15, 0.2) is 0 Å². The molecule has 2 heterocycles. The summed E-state index contributed by atoms with van der Waals surface area (Å²) < 4.78 is 0. The number of thiazole rings is 1. The van der Waals surface area contributed by atoms with Gasteiger partial charge in [-0.15, -0.1) is 11.3 Å². The van der Waals surface area contributed by atoms with Gasteiger partial charge in [-0.05, 0) is 18.1 Å². The topological polar surface area (TPSA) is 51.8 Å². The third-order valence-corrected chi connectivity index (χ3v) is 3.73. The van der Waals surface area contributed by atoms with Crippen LogP contribution in [0.25, 0.3) is 11.3 Å². The van der Waals surface area contributed by atoms with Gasteiger partial charge in [0.25, 0.3) is 0 Å². The predicted molar refractivity (Wildman–Crippen MR) is 67.3 cm³/mol. The molecule has 0 aromatic carbocycles. The zero-order valence-electron chi connectivity index (χ0n) is 9.47. The first-order valence-electron chi connectivity index (χ1n) is 5.32. The normalized spacial score (nSPS) is 11.0. The smallest absolute Gasteiger partial charge is 0.107 e. The van der Waals surface area contributed by atoms with Crippen molar-refractivity contribution in [3.8, 4) is 11.3 Å². The second kappa shape index (κ2) is 4.72. The molecule has 0 aliphatic rings. The van der Waals surface area contributed by atoms with Crippen molar-refractivity contribution in [3.63, 3.8) is 0 Å². The largest absolute Gasteiger partial charge is 0.325 e. The summed E-state index contributed by atoms with van der Waals surface area (Å²) in [4.78, 5) is 9.91. The molecule has 0 saturated carbocycles. The average molecular weight is 233 g/mol. The van der Waals surface area contributed by atoms with Crippen LogP contribution in [0.3, 0.4) is 0 Å². The van der Waals surface area contributed by atoms with E-state index >= 15 is 0 Å². The lowest BCUT2D eigenvalue weighted by molar-refractivity contribution is 0.887. The number of nitrogens with zero attached hydrogens (tertiary/aromatic N) is 2. The van der Waals surface area contributed by atoms with Crippen molar-refractivity contribution in [2.75, 3.05) is 0 Å². The Labute approximate surface area is 99.4 Å². The molecule has 2 rings (SSSR count). The maximum atomic E-state index is 5.65. The van der Waals surface area contributed by atoms with E-state index in [1.807, 2.05) is 12.1 Å². The molecular formula is C12H15N3S. The Morgan fingerprint density at radius 2 is 2.00 bits per heavy atom. The van der Waals surface area contributed by atoms with Crippen LogP contribution in [0.15, 0.2) is 24.5 Å². The van der Waals surface area contributed by atoms with Crippen molar-refractivity contribution >= 4 is 11.3 Å². The summed E-state index contributed by atoms with van der Waals surface area (Å²) in [5, 5.41) is 0.996. The third-order valence-electron chi connectivity index (χ3n) is 2.35. The van der Waals surface area contributed by atoms with Crippen LogP contribution in [0.5, 0.6) is 0 Å². The molecule has 2 aromatic rings. The van der Waals surface area contributed by atoms with Crippen LogP contribution >= 0.6 is 11.3 Å². The Morgan fingerprint density at radius 3 is 2.56 bits per heavy atom. The summed E-state index contributed by atoms with van der Waals surface area (Å²) in [5.41, 5.74) is 7.82.